The van der Waals surface area contributed by atoms with Gasteiger partial charge in [0.05, 0.1) is 0 Å². The predicted molar refractivity (Wildman–Crippen MR) is 66.4 cm³/mol. The predicted octanol–water partition coefficient (Wildman–Crippen LogP) is 1.63. The first-order valence-corrected chi connectivity index (χ1v) is 6.45. The van der Waals surface area contributed by atoms with Gasteiger partial charge in [0, 0.05) is 11.3 Å². The Balaban J connectivity index is 1.92. The van der Waals surface area contributed by atoms with Crippen LogP contribution in [0.2, 0.25) is 0 Å². The van der Waals surface area contributed by atoms with E-state index < -0.39 is 11.5 Å². The first kappa shape index (κ1) is 11.4. The number of carboxylic acids is 1. The lowest BCUT2D eigenvalue weighted by atomic mass is 9.95. The van der Waals surface area contributed by atoms with Crippen molar-refractivity contribution in [1.82, 2.24) is 9.97 Å². The summed E-state index contributed by atoms with van der Waals surface area (Å²) in [6.45, 7) is 1.76. The fraction of sp³-hybridized carbons (Fsp3) is 0.615. The van der Waals surface area contributed by atoms with Crippen molar-refractivity contribution in [3.63, 3.8) is 0 Å². The zero-order chi connectivity index (χ0) is 12.8. The molecule has 0 radical (unpaired) electrons. The van der Waals surface area contributed by atoms with Crippen LogP contribution < -0.4 is 5.32 Å². The van der Waals surface area contributed by atoms with Crippen LogP contribution in [0.4, 0.5) is 5.82 Å². The molecule has 2 aliphatic carbocycles. The lowest BCUT2D eigenvalue weighted by Gasteiger charge is -2.27. The van der Waals surface area contributed by atoms with Crippen LogP contribution in [-0.2, 0) is 17.6 Å². The maximum absolute atomic E-state index is 11.5. The zero-order valence-electron chi connectivity index (χ0n) is 10.4. The highest BCUT2D eigenvalue weighted by atomic mass is 16.4. The third-order valence-corrected chi connectivity index (χ3v) is 4.09. The van der Waals surface area contributed by atoms with Crippen LogP contribution in [0.3, 0.4) is 0 Å². The number of anilines is 1. The number of fused-ring (bicyclic) bond motifs is 1. The summed E-state index contributed by atoms with van der Waals surface area (Å²) < 4.78 is 0. The molecule has 1 aromatic rings. The lowest BCUT2D eigenvalue weighted by molar-refractivity contribution is -0.142. The smallest absolute Gasteiger partial charge is 0.329 e. The second-order valence-electron chi connectivity index (χ2n) is 5.41. The summed E-state index contributed by atoms with van der Waals surface area (Å²) >= 11 is 0. The first-order valence-electron chi connectivity index (χ1n) is 6.45. The van der Waals surface area contributed by atoms with Gasteiger partial charge in [0.25, 0.3) is 0 Å². The minimum atomic E-state index is -0.898. The van der Waals surface area contributed by atoms with Gasteiger partial charge >= 0.3 is 5.97 Å². The number of rotatable bonds is 4. The number of nitrogens with zero attached hydrogens (tertiary/aromatic N) is 2. The van der Waals surface area contributed by atoms with Crippen LogP contribution in [0.15, 0.2) is 6.33 Å². The Bertz CT molecular complexity index is 499. The number of carbonyl (C=O) groups is 1. The molecule has 1 saturated carbocycles. The van der Waals surface area contributed by atoms with Crippen molar-refractivity contribution >= 4 is 11.8 Å². The maximum Gasteiger partial charge on any atom is 0.329 e. The number of carboxylic acid groups (broad SMARTS) is 1. The fourth-order valence-electron chi connectivity index (χ4n) is 2.70. The van der Waals surface area contributed by atoms with Crippen LogP contribution >= 0.6 is 0 Å². The lowest BCUT2D eigenvalue weighted by Crippen LogP contribution is -2.46. The molecule has 1 aromatic heterocycles. The van der Waals surface area contributed by atoms with Gasteiger partial charge in [-0.1, -0.05) is 0 Å². The Hall–Kier alpha value is -1.65. The van der Waals surface area contributed by atoms with E-state index in [1.54, 1.807) is 6.92 Å². The van der Waals surface area contributed by atoms with Crippen LogP contribution in [0, 0.1) is 5.92 Å². The van der Waals surface area contributed by atoms with E-state index >= 15 is 0 Å². The van der Waals surface area contributed by atoms with Crippen molar-refractivity contribution in [2.45, 2.75) is 44.6 Å². The van der Waals surface area contributed by atoms with Crippen molar-refractivity contribution in [2.75, 3.05) is 5.32 Å². The summed E-state index contributed by atoms with van der Waals surface area (Å²) in [6, 6.07) is 0. The highest BCUT2D eigenvalue weighted by Gasteiger charge is 2.48. The van der Waals surface area contributed by atoms with Gasteiger partial charge < -0.3 is 10.4 Å². The molecule has 1 fully saturated rings. The van der Waals surface area contributed by atoms with Crippen molar-refractivity contribution in [3.8, 4) is 0 Å². The summed E-state index contributed by atoms with van der Waals surface area (Å²) in [6.07, 6.45) is 6.47. The normalized spacial score (nSPS) is 21.2. The molecule has 2 N–H and O–H groups in total. The molecule has 96 valence electrons. The van der Waals surface area contributed by atoms with Crippen LogP contribution in [0.25, 0.3) is 0 Å². The highest BCUT2D eigenvalue weighted by Crippen LogP contribution is 2.42. The highest BCUT2D eigenvalue weighted by molar-refractivity contribution is 5.83. The molecule has 3 rings (SSSR count). The van der Waals surface area contributed by atoms with Gasteiger partial charge in [0.15, 0.2) is 0 Å². The molecule has 2 aliphatic rings. The topological polar surface area (TPSA) is 75.1 Å². The van der Waals surface area contributed by atoms with E-state index in [0.717, 1.165) is 43.4 Å². The summed E-state index contributed by atoms with van der Waals surface area (Å²) in [5, 5.41) is 12.6. The molecule has 1 unspecified atom stereocenters. The van der Waals surface area contributed by atoms with Crippen LogP contribution in [-0.4, -0.2) is 26.6 Å². The van der Waals surface area contributed by atoms with Crippen LogP contribution in [0.5, 0.6) is 0 Å². The molecule has 5 heteroatoms. The van der Waals surface area contributed by atoms with Crippen LogP contribution in [0.1, 0.15) is 37.4 Å². The molecule has 0 saturated heterocycles. The number of hydrogen-bond donors (Lipinski definition) is 2. The molecule has 0 aliphatic heterocycles. The average molecular weight is 247 g/mol. The van der Waals surface area contributed by atoms with E-state index in [0.29, 0.717) is 5.82 Å². The number of aryl methyl sites for hydroxylation is 1. The van der Waals surface area contributed by atoms with E-state index in [9.17, 15) is 9.90 Å². The van der Waals surface area contributed by atoms with Gasteiger partial charge in [0.2, 0.25) is 0 Å². The van der Waals surface area contributed by atoms with Crippen molar-refractivity contribution in [1.29, 1.82) is 0 Å². The molecule has 0 bridgehead atoms. The first-order chi connectivity index (χ1) is 8.61. The Morgan fingerprint density at radius 2 is 2.22 bits per heavy atom. The van der Waals surface area contributed by atoms with Gasteiger partial charge in [-0.3, -0.25) is 0 Å². The SMILES string of the molecule is CC(Nc1ncnc2c1CCC2)(C(=O)O)C1CC1. The number of aliphatic carboxylic acids is 1. The van der Waals surface area contributed by atoms with Crippen molar-refractivity contribution in [3.05, 3.63) is 17.6 Å². The molecule has 1 atom stereocenters. The number of aromatic nitrogens is 2. The summed E-state index contributed by atoms with van der Waals surface area (Å²) in [4.78, 5) is 20.0. The molecule has 5 nitrogen and oxygen atoms in total. The van der Waals surface area contributed by atoms with Gasteiger partial charge in [-0.2, -0.15) is 0 Å². The third kappa shape index (κ3) is 1.74. The van der Waals surface area contributed by atoms with Gasteiger partial charge in [-0.15, -0.1) is 0 Å². The zero-order valence-corrected chi connectivity index (χ0v) is 10.4. The minimum Gasteiger partial charge on any atom is -0.480 e. The van der Waals surface area contributed by atoms with Crippen molar-refractivity contribution in [2.24, 2.45) is 5.92 Å². The average Bonchev–Trinajstić information content (AvgIpc) is 3.08. The van der Waals surface area contributed by atoms with Gasteiger partial charge in [0.1, 0.15) is 17.7 Å². The molecular formula is C13H17N3O2. The second-order valence-corrected chi connectivity index (χ2v) is 5.41. The molecule has 1 heterocycles. The molecule has 0 amide bonds. The monoisotopic (exact) mass is 247 g/mol. The van der Waals surface area contributed by atoms with E-state index in [1.807, 2.05) is 0 Å². The van der Waals surface area contributed by atoms with Crippen molar-refractivity contribution < 1.29 is 9.90 Å². The fourth-order valence-corrected chi connectivity index (χ4v) is 2.70. The molecule has 0 aromatic carbocycles. The van der Waals surface area contributed by atoms with E-state index in [2.05, 4.69) is 15.3 Å². The Labute approximate surface area is 106 Å². The number of hydrogen-bond acceptors (Lipinski definition) is 4. The van der Waals surface area contributed by atoms with Gasteiger partial charge in [-0.25, -0.2) is 14.8 Å². The molecular weight excluding hydrogens is 230 g/mol. The standard InChI is InChI=1S/C13H17N3O2/c1-13(12(17)18,8-5-6-8)16-11-9-3-2-4-10(9)14-7-15-11/h7-8H,2-6H2,1H3,(H,17,18)(H,14,15,16). The Morgan fingerprint density at radius 1 is 1.44 bits per heavy atom. The maximum atomic E-state index is 11.5. The largest absolute Gasteiger partial charge is 0.480 e. The molecule has 18 heavy (non-hydrogen) atoms. The third-order valence-electron chi connectivity index (χ3n) is 4.09. The minimum absolute atomic E-state index is 0.210. The summed E-state index contributed by atoms with van der Waals surface area (Å²) in [5.74, 6) is 0.131. The molecule has 0 spiro atoms. The second kappa shape index (κ2) is 3.93. The quantitative estimate of drug-likeness (QED) is 0.845. The number of nitrogens with one attached hydrogen (secondary N) is 1. The Kier molecular flexibility index (Phi) is 2.50. The van der Waals surface area contributed by atoms with E-state index in [4.69, 9.17) is 0 Å². The Morgan fingerprint density at radius 3 is 2.89 bits per heavy atom. The summed E-state index contributed by atoms with van der Waals surface area (Å²) in [5.41, 5.74) is 1.27. The van der Waals surface area contributed by atoms with E-state index in [-0.39, 0.29) is 5.92 Å². The van der Waals surface area contributed by atoms with E-state index in [1.165, 1.54) is 6.33 Å². The van der Waals surface area contributed by atoms with Gasteiger partial charge in [-0.05, 0) is 44.9 Å². The summed E-state index contributed by atoms with van der Waals surface area (Å²) in [7, 11) is 0.